The Morgan fingerprint density at radius 3 is 2.21 bits per heavy atom. The van der Waals surface area contributed by atoms with E-state index in [1.807, 2.05) is 4.72 Å². The second kappa shape index (κ2) is 12.9. The van der Waals surface area contributed by atoms with Crippen molar-refractivity contribution in [2.45, 2.75) is 42.3 Å². The minimum absolute atomic E-state index is 0.0192. The number of carbonyl (C=O) groups is 2. The highest BCUT2D eigenvalue weighted by Gasteiger charge is 2.68. The smallest absolute Gasteiger partial charge is 0.348 e. The van der Waals surface area contributed by atoms with Crippen LogP contribution in [0, 0.1) is 5.41 Å². The van der Waals surface area contributed by atoms with Crippen LogP contribution in [-0.2, 0) is 46.3 Å². The number of nitrogens with one attached hydrogen (secondary N) is 3. The number of hydrogen-bond acceptors (Lipinski definition) is 8. The lowest BCUT2D eigenvalue weighted by atomic mass is 9.55. The molecule has 1 aliphatic heterocycles. The van der Waals surface area contributed by atoms with Gasteiger partial charge in [-0.05, 0) is 58.7 Å². The zero-order valence-electron chi connectivity index (χ0n) is 26.3. The molecule has 0 saturated carbocycles. The van der Waals surface area contributed by atoms with Crippen molar-refractivity contribution in [2.24, 2.45) is 5.41 Å². The summed E-state index contributed by atoms with van der Waals surface area (Å²) in [6.45, 7) is 0. The second-order valence-electron chi connectivity index (χ2n) is 12.1. The van der Waals surface area contributed by atoms with E-state index >= 15 is 13.2 Å². The van der Waals surface area contributed by atoms with Crippen molar-refractivity contribution in [3.63, 3.8) is 0 Å². The van der Waals surface area contributed by atoms with Crippen molar-refractivity contribution in [1.29, 1.82) is 0 Å². The number of fused-ring (bicyclic) bond motifs is 1. The summed E-state index contributed by atoms with van der Waals surface area (Å²) in [7, 11) is -9.38. The van der Waals surface area contributed by atoms with Crippen molar-refractivity contribution in [2.75, 3.05) is 0 Å². The van der Waals surface area contributed by atoms with Gasteiger partial charge in [0.2, 0.25) is 15.9 Å². The molecule has 1 amide bonds. The summed E-state index contributed by atoms with van der Waals surface area (Å²) in [6.07, 6.45) is -10.5. The van der Waals surface area contributed by atoms with Crippen molar-refractivity contribution in [1.82, 2.24) is 19.6 Å². The Hall–Kier alpha value is -5.01. The van der Waals surface area contributed by atoms with E-state index in [0.717, 1.165) is 17.0 Å². The van der Waals surface area contributed by atoms with Gasteiger partial charge in [0, 0.05) is 0 Å². The molecule has 2 unspecified atom stereocenters. The molecule has 2 aliphatic rings. The van der Waals surface area contributed by atoms with E-state index in [1.165, 1.54) is 48.5 Å². The van der Waals surface area contributed by atoms with Gasteiger partial charge in [-0.15, -0.1) is 0 Å². The van der Waals surface area contributed by atoms with Gasteiger partial charge < -0.3 is 9.82 Å². The van der Waals surface area contributed by atoms with Crippen LogP contribution in [0.4, 0.5) is 26.3 Å². The predicted octanol–water partition coefficient (Wildman–Crippen LogP) is 5.31. The zero-order valence-corrected chi connectivity index (χ0v) is 28.0. The maximum atomic E-state index is 16.2. The fourth-order valence-corrected chi connectivity index (χ4v) is 8.87. The Morgan fingerprint density at radius 1 is 0.962 bits per heavy atom. The second-order valence-corrected chi connectivity index (χ2v) is 15.6. The van der Waals surface area contributed by atoms with Gasteiger partial charge in [0.1, 0.15) is 16.5 Å². The molecule has 19 heteroatoms. The first-order valence-electron chi connectivity index (χ1n) is 15.2. The standard InChI is InChI=1S/C33H26F6N4O7S2/c34-32(35,36)29(45)50-43-51(46,47)23-15-17-31(22-6-2-1-3-7-22,28-40-24-8-4-5-9-25(24)41-28)30(19-23,33(37,38)39)16-14-20-10-12-21(13-11-20)26-18-27(44)42-52(26,48)49/h1-13,15,17,19,26,43H,14,16,18H2,(H,40,41)(H,42,44)/t26?,30?,31-/m1/s1. The van der Waals surface area contributed by atoms with Gasteiger partial charge in [-0.2, -0.15) is 26.3 Å². The van der Waals surface area contributed by atoms with Crippen LogP contribution >= 0.6 is 0 Å². The molecule has 3 N–H and O–H groups in total. The molecule has 3 aromatic carbocycles. The summed E-state index contributed by atoms with van der Waals surface area (Å²) in [5.74, 6) is -3.90. The molecule has 2 heterocycles. The molecule has 3 atom stereocenters. The van der Waals surface area contributed by atoms with Crippen LogP contribution in [0.1, 0.15) is 40.6 Å². The minimum Gasteiger partial charge on any atom is -0.348 e. The first-order valence-corrected chi connectivity index (χ1v) is 18.2. The van der Waals surface area contributed by atoms with Crippen LogP contribution in [0.5, 0.6) is 0 Å². The lowest BCUT2D eigenvalue weighted by Gasteiger charge is -2.49. The van der Waals surface area contributed by atoms with Crippen molar-refractivity contribution < 1.29 is 57.6 Å². The third kappa shape index (κ3) is 6.47. The summed E-state index contributed by atoms with van der Waals surface area (Å²) < 4.78 is 140. The number of nitrogens with zero attached hydrogens (tertiary/aromatic N) is 1. The monoisotopic (exact) mass is 768 g/mol. The first-order chi connectivity index (χ1) is 24.3. The predicted molar refractivity (Wildman–Crippen MR) is 172 cm³/mol. The lowest BCUT2D eigenvalue weighted by molar-refractivity contribution is -0.223. The number of amides is 1. The summed E-state index contributed by atoms with van der Waals surface area (Å²) in [6, 6.07) is 19.1. The Bertz CT molecular complexity index is 2290. The number of hydrogen-bond donors (Lipinski definition) is 3. The number of aromatic nitrogens is 2. The maximum Gasteiger partial charge on any atom is 0.492 e. The zero-order chi connectivity index (χ0) is 37.7. The molecule has 0 bridgehead atoms. The minimum atomic E-state index is -5.62. The van der Waals surface area contributed by atoms with Gasteiger partial charge >= 0.3 is 18.3 Å². The molecule has 4 aromatic rings. The van der Waals surface area contributed by atoms with Gasteiger partial charge in [-0.25, -0.2) is 26.6 Å². The number of imidazole rings is 1. The Balaban J connectivity index is 1.52. The third-order valence-electron chi connectivity index (χ3n) is 9.03. The Kier molecular flexibility index (Phi) is 9.11. The Labute approximate surface area is 291 Å². The number of halogens is 6. The molecule has 0 radical (unpaired) electrons. The van der Waals surface area contributed by atoms with E-state index in [4.69, 9.17) is 0 Å². The molecule has 11 nitrogen and oxygen atoms in total. The van der Waals surface area contributed by atoms with Gasteiger partial charge in [0.15, 0.2) is 0 Å². The third-order valence-corrected chi connectivity index (χ3v) is 11.9. The van der Waals surface area contributed by atoms with E-state index in [-0.39, 0.29) is 34.5 Å². The number of benzene rings is 3. The molecule has 0 spiro atoms. The summed E-state index contributed by atoms with van der Waals surface area (Å²) in [5, 5.41) is -1.22. The molecule has 1 aliphatic carbocycles. The number of carbonyl (C=O) groups excluding carboxylic acids is 2. The van der Waals surface area contributed by atoms with Crippen molar-refractivity contribution in [3.05, 3.63) is 125 Å². The number of allylic oxidation sites excluding steroid dienone is 3. The largest absolute Gasteiger partial charge is 0.492 e. The summed E-state index contributed by atoms with van der Waals surface area (Å²) in [5.41, 5.74) is -4.44. The molecule has 1 saturated heterocycles. The number of sulfonamides is 2. The van der Waals surface area contributed by atoms with Crippen LogP contribution in [0.15, 0.2) is 102 Å². The topological polar surface area (TPSA) is 164 Å². The van der Waals surface area contributed by atoms with E-state index in [9.17, 15) is 39.6 Å². The fourth-order valence-electron chi connectivity index (χ4n) is 6.55. The van der Waals surface area contributed by atoms with Crippen LogP contribution in [0.3, 0.4) is 0 Å². The van der Waals surface area contributed by atoms with Crippen molar-refractivity contribution >= 4 is 43.0 Å². The van der Waals surface area contributed by atoms with Crippen LogP contribution in [-0.4, -0.2) is 51.0 Å². The first kappa shape index (κ1) is 36.8. The lowest BCUT2D eigenvalue weighted by Crippen LogP contribution is -2.56. The molecular formula is C33H26F6N4O7S2. The number of para-hydroxylation sites is 2. The van der Waals surface area contributed by atoms with Crippen LogP contribution < -0.4 is 9.61 Å². The summed E-state index contributed by atoms with van der Waals surface area (Å²) in [4.78, 5) is 34.0. The van der Waals surface area contributed by atoms with Gasteiger partial charge in [0.25, 0.3) is 10.0 Å². The normalized spacial score (nSPS) is 23.3. The van der Waals surface area contributed by atoms with E-state index in [0.29, 0.717) is 11.6 Å². The molecular weight excluding hydrogens is 743 g/mol. The number of alkyl halides is 6. The number of rotatable bonds is 9. The molecule has 1 aromatic heterocycles. The van der Waals surface area contributed by atoms with E-state index < -0.39 is 78.1 Å². The average molecular weight is 769 g/mol. The van der Waals surface area contributed by atoms with Gasteiger partial charge in [0.05, 0.1) is 27.8 Å². The van der Waals surface area contributed by atoms with Crippen LogP contribution in [0.25, 0.3) is 11.0 Å². The highest BCUT2D eigenvalue weighted by atomic mass is 32.2. The SMILES string of the molecule is O=C1CC(c2ccc(CCC3(C(F)(F)F)C=C(S(=O)(=O)NOC(=O)C(F)(F)F)C=C[C@@]3(c3ccccc3)c3nc4ccccc4[nH]3)cc2)S(=O)(=O)N1. The Morgan fingerprint density at radius 2 is 1.62 bits per heavy atom. The number of aromatic amines is 1. The average Bonchev–Trinajstić information content (AvgIpc) is 3.64. The fraction of sp³-hybridized carbons (Fsp3) is 0.242. The summed E-state index contributed by atoms with van der Waals surface area (Å²) >= 11 is 0. The van der Waals surface area contributed by atoms with Crippen molar-refractivity contribution in [3.8, 4) is 0 Å². The number of aryl methyl sites for hydroxylation is 1. The van der Waals surface area contributed by atoms with Gasteiger partial charge in [-0.3, -0.25) is 9.52 Å². The molecule has 1 fully saturated rings. The van der Waals surface area contributed by atoms with Gasteiger partial charge in [-0.1, -0.05) is 72.8 Å². The quantitative estimate of drug-likeness (QED) is 0.152. The maximum absolute atomic E-state index is 16.2. The molecule has 52 heavy (non-hydrogen) atoms. The highest BCUT2D eigenvalue weighted by molar-refractivity contribution is 7.93. The highest BCUT2D eigenvalue weighted by Crippen LogP contribution is 2.61. The van der Waals surface area contributed by atoms with E-state index in [1.54, 1.807) is 30.3 Å². The van der Waals surface area contributed by atoms with E-state index in [2.05, 4.69) is 14.8 Å². The van der Waals surface area contributed by atoms with Crippen LogP contribution in [0.2, 0.25) is 0 Å². The molecule has 274 valence electrons. The molecule has 6 rings (SSSR count). The number of H-pyrrole nitrogens is 1.